The molecule has 0 bridgehead atoms. The number of aliphatic hydroxyl groups excluding tert-OH is 1. The Bertz CT molecular complexity index is 511. The van der Waals surface area contributed by atoms with Crippen LogP contribution in [0.15, 0.2) is 20.0 Å². The van der Waals surface area contributed by atoms with Gasteiger partial charge in [0.05, 0.1) is 12.7 Å². The Balaban J connectivity index is 2.81. The summed E-state index contributed by atoms with van der Waals surface area (Å²) in [6, 6.07) is 1.30. The van der Waals surface area contributed by atoms with Crippen LogP contribution >= 0.6 is 15.9 Å². The van der Waals surface area contributed by atoms with Crippen molar-refractivity contribution in [1.29, 1.82) is 0 Å². The summed E-state index contributed by atoms with van der Waals surface area (Å²) >= 11 is 3.04. The van der Waals surface area contributed by atoms with Crippen molar-refractivity contribution in [3.63, 3.8) is 0 Å². The lowest BCUT2D eigenvalue weighted by molar-refractivity contribution is 0.0737. The number of halogens is 1. The van der Waals surface area contributed by atoms with Crippen LogP contribution in [0.5, 0.6) is 0 Å². The van der Waals surface area contributed by atoms with Gasteiger partial charge in [0.1, 0.15) is 17.3 Å². The zero-order valence-electron chi connectivity index (χ0n) is 11.1. The van der Waals surface area contributed by atoms with Gasteiger partial charge in [-0.05, 0) is 29.8 Å². The van der Waals surface area contributed by atoms with E-state index in [-0.39, 0.29) is 34.6 Å². The number of aliphatic hydroxyl groups is 1. The molecule has 19 heavy (non-hydrogen) atoms. The number of likely N-dealkylation sites (N-methyl/N-ethyl adjacent to an activating group) is 1. The third-order valence-electron chi connectivity index (χ3n) is 2.41. The summed E-state index contributed by atoms with van der Waals surface area (Å²) in [6.45, 7) is 3.97. The van der Waals surface area contributed by atoms with Crippen LogP contribution in [0.1, 0.15) is 19.6 Å². The van der Waals surface area contributed by atoms with E-state index < -0.39 is 10.0 Å². The quantitative estimate of drug-likeness (QED) is 0.802. The fourth-order valence-electron chi connectivity index (χ4n) is 1.36. The molecule has 0 atom stereocenters. The third-order valence-corrected chi connectivity index (χ3v) is 5.12. The van der Waals surface area contributed by atoms with E-state index in [0.29, 0.717) is 6.61 Å². The minimum absolute atomic E-state index is 0.00333. The first-order valence-electron chi connectivity index (χ1n) is 5.76. The van der Waals surface area contributed by atoms with Gasteiger partial charge in [0.15, 0.2) is 4.67 Å². The summed E-state index contributed by atoms with van der Waals surface area (Å²) in [7, 11) is -2.19. The highest BCUT2D eigenvalue weighted by Gasteiger charge is 2.26. The Labute approximate surface area is 121 Å². The Morgan fingerprint density at radius 1 is 1.53 bits per heavy atom. The van der Waals surface area contributed by atoms with Crippen molar-refractivity contribution in [2.75, 3.05) is 20.2 Å². The highest BCUT2D eigenvalue weighted by molar-refractivity contribution is 9.10. The molecule has 0 aliphatic heterocycles. The second kappa shape index (κ2) is 6.85. The molecular formula is C11H18BrNO5S. The molecule has 0 radical (unpaired) electrons. The Morgan fingerprint density at radius 2 is 2.16 bits per heavy atom. The van der Waals surface area contributed by atoms with Crippen molar-refractivity contribution in [3.05, 3.63) is 16.5 Å². The molecule has 0 unspecified atom stereocenters. The van der Waals surface area contributed by atoms with Gasteiger partial charge in [-0.15, -0.1) is 0 Å². The van der Waals surface area contributed by atoms with E-state index in [2.05, 4.69) is 15.9 Å². The van der Waals surface area contributed by atoms with Gasteiger partial charge in [-0.3, -0.25) is 0 Å². The molecule has 1 rings (SSSR count). The molecule has 0 aromatic carbocycles. The summed E-state index contributed by atoms with van der Waals surface area (Å²) in [6.07, 6.45) is 0.0535. The molecule has 6 nitrogen and oxygen atoms in total. The molecule has 1 N–H and O–H groups in total. The highest BCUT2D eigenvalue weighted by Crippen LogP contribution is 2.28. The highest BCUT2D eigenvalue weighted by atomic mass is 79.9. The molecule has 1 heterocycles. The number of ether oxygens (including phenoxy) is 1. The van der Waals surface area contributed by atoms with Crippen molar-refractivity contribution < 1.29 is 22.7 Å². The number of hydrogen-bond acceptors (Lipinski definition) is 5. The monoisotopic (exact) mass is 355 g/mol. The summed E-state index contributed by atoms with van der Waals surface area (Å²) in [5.41, 5.74) is 0. The first-order chi connectivity index (χ1) is 8.78. The van der Waals surface area contributed by atoms with E-state index in [1.807, 2.05) is 13.8 Å². The lowest BCUT2D eigenvalue weighted by Crippen LogP contribution is -2.30. The Kier molecular flexibility index (Phi) is 6.00. The SMILES string of the molecule is CC(C)OCCN(C)S(=O)(=O)c1cc(CO)oc1Br. The second-order valence-corrected chi connectivity index (χ2v) is 6.99. The fraction of sp³-hybridized carbons (Fsp3) is 0.636. The van der Waals surface area contributed by atoms with Gasteiger partial charge in [-0.1, -0.05) is 0 Å². The molecule has 0 amide bonds. The smallest absolute Gasteiger partial charge is 0.247 e. The fourth-order valence-corrected chi connectivity index (χ4v) is 3.47. The van der Waals surface area contributed by atoms with Crippen molar-refractivity contribution >= 4 is 26.0 Å². The zero-order valence-corrected chi connectivity index (χ0v) is 13.5. The number of furan rings is 1. The van der Waals surface area contributed by atoms with Crippen molar-refractivity contribution in [1.82, 2.24) is 4.31 Å². The molecular weight excluding hydrogens is 338 g/mol. The Hall–Kier alpha value is -0.410. The molecule has 8 heteroatoms. The third kappa shape index (κ3) is 4.28. The normalized spacial score (nSPS) is 12.6. The van der Waals surface area contributed by atoms with Gasteiger partial charge in [-0.2, -0.15) is 4.31 Å². The second-order valence-electron chi connectivity index (χ2n) is 4.25. The standard InChI is InChI=1S/C11H18BrNO5S/c1-8(2)17-5-4-13(3)19(15,16)10-6-9(7-14)18-11(10)12/h6,8,14H,4-5,7H2,1-3H3. The molecule has 0 aliphatic rings. The summed E-state index contributed by atoms with van der Waals surface area (Å²) in [5, 5.41) is 8.94. The van der Waals surface area contributed by atoms with Gasteiger partial charge in [0.25, 0.3) is 0 Å². The molecule has 0 aliphatic carbocycles. The summed E-state index contributed by atoms with van der Waals surface area (Å²) in [5.74, 6) is 0.192. The predicted octanol–water partition coefficient (Wildman–Crippen LogP) is 1.58. The van der Waals surface area contributed by atoms with Crippen LogP contribution in [0.2, 0.25) is 0 Å². The van der Waals surface area contributed by atoms with E-state index in [9.17, 15) is 8.42 Å². The maximum Gasteiger partial charge on any atom is 0.247 e. The average molecular weight is 356 g/mol. The Morgan fingerprint density at radius 3 is 2.63 bits per heavy atom. The molecule has 0 fully saturated rings. The predicted molar refractivity (Wildman–Crippen MR) is 73.2 cm³/mol. The number of rotatable bonds is 7. The number of nitrogens with zero attached hydrogens (tertiary/aromatic N) is 1. The molecule has 110 valence electrons. The lowest BCUT2D eigenvalue weighted by atomic mass is 10.5. The zero-order chi connectivity index (χ0) is 14.6. The molecule has 0 saturated heterocycles. The van der Waals surface area contributed by atoms with E-state index >= 15 is 0 Å². The lowest BCUT2D eigenvalue weighted by Gasteiger charge is -2.17. The van der Waals surface area contributed by atoms with Crippen LogP contribution < -0.4 is 0 Å². The molecule has 0 spiro atoms. The van der Waals surface area contributed by atoms with E-state index in [1.54, 1.807) is 0 Å². The molecule has 1 aromatic rings. The summed E-state index contributed by atoms with van der Waals surface area (Å²) < 4.78 is 36.2. The van der Waals surface area contributed by atoms with Crippen LogP contribution in [-0.2, 0) is 21.4 Å². The largest absolute Gasteiger partial charge is 0.450 e. The number of sulfonamides is 1. The van der Waals surface area contributed by atoms with E-state index in [4.69, 9.17) is 14.3 Å². The van der Waals surface area contributed by atoms with Gasteiger partial charge >= 0.3 is 0 Å². The van der Waals surface area contributed by atoms with Crippen LogP contribution in [0, 0.1) is 0 Å². The van der Waals surface area contributed by atoms with Crippen LogP contribution in [0.3, 0.4) is 0 Å². The minimum Gasteiger partial charge on any atom is -0.450 e. The van der Waals surface area contributed by atoms with Gasteiger partial charge in [0.2, 0.25) is 10.0 Å². The maximum atomic E-state index is 12.3. The first-order valence-corrected chi connectivity index (χ1v) is 7.99. The topological polar surface area (TPSA) is 80.0 Å². The van der Waals surface area contributed by atoms with E-state index in [1.165, 1.54) is 17.4 Å². The van der Waals surface area contributed by atoms with Crippen LogP contribution in [-0.4, -0.2) is 44.1 Å². The minimum atomic E-state index is -3.66. The van der Waals surface area contributed by atoms with Gasteiger partial charge in [-0.25, -0.2) is 8.42 Å². The van der Waals surface area contributed by atoms with Gasteiger partial charge in [0, 0.05) is 19.7 Å². The van der Waals surface area contributed by atoms with Crippen molar-refractivity contribution in [2.24, 2.45) is 0 Å². The summed E-state index contributed by atoms with van der Waals surface area (Å²) in [4.78, 5) is 0.00333. The molecule has 1 aromatic heterocycles. The first kappa shape index (κ1) is 16.6. The van der Waals surface area contributed by atoms with E-state index in [0.717, 1.165) is 0 Å². The van der Waals surface area contributed by atoms with Gasteiger partial charge < -0.3 is 14.3 Å². The van der Waals surface area contributed by atoms with Crippen molar-refractivity contribution in [3.8, 4) is 0 Å². The van der Waals surface area contributed by atoms with Crippen molar-refractivity contribution in [2.45, 2.75) is 31.5 Å². The van der Waals surface area contributed by atoms with Crippen LogP contribution in [0.25, 0.3) is 0 Å². The number of hydrogen-bond donors (Lipinski definition) is 1. The molecule has 0 saturated carbocycles. The van der Waals surface area contributed by atoms with Crippen LogP contribution in [0.4, 0.5) is 0 Å². The average Bonchev–Trinajstić information content (AvgIpc) is 2.70. The maximum absolute atomic E-state index is 12.3.